The van der Waals surface area contributed by atoms with Gasteiger partial charge in [0.2, 0.25) is 11.7 Å². The lowest BCUT2D eigenvalue weighted by atomic mass is 9.98. The molecule has 1 aliphatic heterocycles. The highest BCUT2D eigenvalue weighted by Gasteiger charge is 2.26. The molecular weight excluding hydrogens is 458 g/mol. The standard InChI is InChI=1S/C25H29N9O2/c1-15-8-7-9-16(2)33(15)13-21-26-22(32(4)29-21)14-35-25-19-11-6-5-10-18(19)23-27-28-24(34(23)30-25)20-12-17(3)36-31-20/h5-6,10-12,15-16H,7-9,13-14H2,1-4H3/t15-,16+. The molecule has 0 bridgehead atoms. The summed E-state index contributed by atoms with van der Waals surface area (Å²) in [5, 5.41) is 23.9. The van der Waals surface area contributed by atoms with E-state index in [2.05, 4.69) is 39.2 Å². The van der Waals surface area contributed by atoms with Crippen LogP contribution >= 0.6 is 0 Å². The highest BCUT2D eigenvalue weighted by atomic mass is 16.5. The minimum Gasteiger partial charge on any atom is -0.468 e. The number of ether oxygens (including phenoxy) is 1. The second-order valence-corrected chi connectivity index (χ2v) is 9.59. The predicted octanol–water partition coefficient (Wildman–Crippen LogP) is 3.71. The Morgan fingerprint density at radius 2 is 1.83 bits per heavy atom. The van der Waals surface area contributed by atoms with Crippen molar-refractivity contribution in [2.24, 2.45) is 7.05 Å². The van der Waals surface area contributed by atoms with Crippen molar-refractivity contribution in [1.82, 2.24) is 44.6 Å². The van der Waals surface area contributed by atoms with E-state index < -0.39 is 0 Å². The van der Waals surface area contributed by atoms with Crippen LogP contribution in [0.4, 0.5) is 0 Å². The van der Waals surface area contributed by atoms with Crippen LogP contribution in [0.1, 0.15) is 50.5 Å². The average Bonchev–Trinajstić information content (AvgIpc) is 3.58. The molecule has 186 valence electrons. The van der Waals surface area contributed by atoms with Crippen molar-refractivity contribution in [3.63, 3.8) is 0 Å². The van der Waals surface area contributed by atoms with Gasteiger partial charge in [0, 0.05) is 36.0 Å². The van der Waals surface area contributed by atoms with E-state index >= 15 is 0 Å². The molecule has 1 fully saturated rings. The Morgan fingerprint density at radius 3 is 2.58 bits per heavy atom. The SMILES string of the molecule is Cc1cc(-c2nnc3c4ccccc4c(OCc4nc(CN5[C@H](C)CCC[C@@H]5C)nn4C)nn23)no1. The normalized spacial score (nSPS) is 18.9. The van der Waals surface area contributed by atoms with Gasteiger partial charge in [-0.2, -0.15) is 9.61 Å². The summed E-state index contributed by atoms with van der Waals surface area (Å²) in [5.74, 6) is 3.19. The number of likely N-dealkylation sites (tertiary alicyclic amines) is 1. The van der Waals surface area contributed by atoms with Gasteiger partial charge in [0.25, 0.3) is 0 Å². The highest BCUT2D eigenvalue weighted by molar-refractivity contribution is 5.96. The first-order valence-electron chi connectivity index (χ1n) is 12.3. The first-order chi connectivity index (χ1) is 17.5. The van der Waals surface area contributed by atoms with Crippen molar-refractivity contribution in [3.05, 3.63) is 47.7 Å². The van der Waals surface area contributed by atoms with E-state index in [1.165, 1.54) is 19.3 Å². The van der Waals surface area contributed by atoms with Gasteiger partial charge in [-0.1, -0.05) is 29.8 Å². The Kier molecular flexibility index (Phi) is 5.63. The topological polar surface area (TPSA) is 112 Å². The molecule has 1 aromatic carbocycles. The summed E-state index contributed by atoms with van der Waals surface area (Å²) >= 11 is 0. The third-order valence-electron chi connectivity index (χ3n) is 7.02. The predicted molar refractivity (Wildman–Crippen MR) is 132 cm³/mol. The molecule has 0 spiro atoms. The van der Waals surface area contributed by atoms with Crippen molar-refractivity contribution in [1.29, 1.82) is 0 Å². The Balaban J connectivity index is 1.30. The molecule has 6 rings (SSSR count). The van der Waals surface area contributed by atoms with Gasteiger partial charge in [0.15, 0.2) is 23.0 Å². The lowest BCUT2D eigenvalue weighted by Gasteiger charge is -2.38. The molecule has 0 saturated carbocycles. The van der Waals surface area contributed by atoms with Crippen LogP contribution in [0.5, 0.6) is 5.88 Å². The fourth-order valence-electron chi connectivity index (χ4n) is 5.04. The van der Waals surface area contributed by atoms with Crippen LogP contribution in [0.2, 0.25) is 0 Å². The quantitative estimate of drug-likeness (QED) is 0.354. The third-order valence-corrected chi connectivity index (χ3v) is 7.02. The second kappa shape index (κ2) is 8.98. The van der Waals surface area contributed by atoms with Crippen molar-refractivity contribution >= 4 is 16.4 Å². The Morgan fingerprint density at radius 1 is 1.06 bits per heavy atom. The molecule has 0 unspecified atom stereocenters. The van der Waals surface area contributed by atoms with Crippen LogP contribution in [0.25, 0.3) is 27.9 Å². The Bertz CT molecular complexity index is 1530. The fourth-order valence-corrected chi connectivity index (χ4v) is 5.04. The van der Waals surface area contributed by atoms with E-state index in [-0.39, 0.29) is 6.61 Å². The lowest BCUT2D eigenvalue weighted by Crippen LogP contribution is -2.43. The maximum atomic E-state index is 6.24. The van der Waals surface area contributed by atoms with Crippen LogP contribution in [-0.4, -0.2) is 56.7 Å². The zero-order valence-corrected chi connectivity index (χ0v) is 20.9. The Hall–Kier alpha value is -3.86. The molecule has 1 saturated heterocycles. The van der Waals surface area contributed by atoms with Crippen molar-refractivity contribution < 1.29 is 9.26 Å². The number of aryl methyl sites for hydroxylation is 2. The van der Waals surface area contributed by atoms with Gasteiger partial charge >= 0.3 is 0 Å². The smallest absolute Gasteiger partial charge is 0.240 e. The number of fused-ring (bicyclic) bond motifs is 3. The average molecular weight is 488 g/mol. The first kappa shape index (κ1) is 22.6. The van der Waals surface area contributed by atoms with Gasteiger partial charge in [-0.15, -0.1) is 15.3 Å². The zero-order valence-electron chi connectivity index (χ0n) is 20.9. The monoisotopic (exact) mass is 487 g/mol. The van der Waals surface area contributed by atoms with E-state index in [1.54, 1.807) is 15.3 Å². The van der Waals surface area contributed by atoms with Crippen molar-refractivity contribution in [3.8, 4) is 17.4 Å². The lowest BCUT2D eigenvalue weighted by molar-refractivity contribution is 0.0922. The minimum atomic E-state index is 0.234. The number of rotatable bonds is 6. The molecule has 36 heavy (non-hydrogen) atoms. The van der Waals surface area contributed by atoms with E-state index in [0.29, 0.717) is 40.9 Å². The largest absolute Gasteiger partial charge is 0.468 e. The fraction of sp³-hybridized carbons (Fsp3) is 0.440. The van der Waals surface area contributed by atoms with Crippen LogP contribution in [0.15, 0.2) is 34.9 Å². The Labute approximate surface area is 208 Å². The van der Waals surface area contributed by atoms with Gasteiger partial charge in [-0.3, -0.25) is 4.90 Å². The van der Waals surface area contributed by atoms with E-state index in [0.717, 1.165) is 29.0 Å². The van der Waals surface area contributed by atoms with Gasteiger partial charge in [-0.25, -0.2) is 9.67 Å². The summed E-state index contributed by atoms with van der Waals surface area (Å²) in [4.78, 5) is 7.28. The van der Waals surface area contributed by atoms with Crippen LogP contribution in [0.3, 0.4) is 0 Å². The van der Waals surface area contributed by atoms with Crippen LogP contribution < -0.4 is 4.74 Å². The number of hydrogen-bond acceptors (Lipinski definition) is 9. The first-order valence-corrected chi connectivity index (χ1v) is 12.3. The van der Waals surface area contributed by atoms with Gasteiger partial charge in [0.05, 0.1) is 6.54 Å². The van der Waals surface area contributed by atoms with Crippen LogP contribution in [0, 0.1) is 6.92 Å². The van der Waals surface area contributed by atoms with Gasteiger partial charge in [0.1, 0.15) is 12.4 Å². The summed E-state index contributed by atoms with van der Waals surface area (Å²) in [6.07, 6.45) is 3.71. The molecule has 1 aliphatic rings. The molecule has 0 aliphatic carbocycles. The van der Waals surface area contributed by atoms with Gasteiger partial charge in [-0.05, 0) is 39.7 Å². The molecule has 0 amide bonds. The summed E-state index contributed by atoms with van der Waals surface area (Å²) in [6.45, 7) is 7.38. The molecular formula is C25H29N9O2. The summed E-state index contributed by atoms with van der Waals surface area (Å²) in [6, 6.07) is 10.7. The number of aromatic nitrogens is 8. The van der Waals surface area contributed by atoms with Crippen molar-refractivity contribution in [2.75, 3.05) is 0 Å². The summed E-state index contributed by atoms with van der Waals surface area (Å²) in [7, 11) is 1.90. The molecule has 5 heterocycles. The number of benzene rings is 1. The third kappa shape index (κ3) is 3.98. The maximum Gasteiger partial charge on any atom is 0.240 e. The van der Waals surface area contributed by atoms with E-state index in [9.17, 15) is 0 Å². The second-order valence-electron chi connectivity index (χ2n) is 9.59. The molecule has 4 aromatic heterocycles. The maximum absolute atomic E-state index is 6.24. The molecule has 2 atom stereocenters. The molecule has 0 radical (unpaired) electrons. The van der Waals surface area contributed by atoms with E-state index in [4.69, 9.17) is 19.3 Å². The molecule has 5 aromatic rings. The molecule has 11 nitrogen and oxygen atoms in total. The summed E-state index contributed by atoms with van der Waals surface area (Å²) in [5.41, 5.74) is 1.19. The number of hydrogen-bond donors (Lipinski definition) is 0. The van der Waals surface area contributed by atoms with Gasteiger partial charge < -0.3 is 9.26 Å². The number of piperidine rings is 1. The highest BCUT2D eigenvalue weighted by Crippen LogP contribution is 2.29. The summed E-state index contributed by atoms with van der Waals surface area (Å²) < 4.78 is 14.9. The van der Waals surface area contributed by atoms with E-state index in [1.807, 2.05) is 38.2 Å². The molecule has 0 N–H and O–H groups in total. The van der Waals surface area contributed by atoms with Crippen molar-refractivity contribution in [2.45, 2.75) is 65.3 Å². The number of nitrogens with zero attached hydrogens (tertiary/aromatic N) is 9. The minimum absolute atomic E-state index is 0.234. The van der Waals surface area contributed by atoms with Crippen LogP contribution in [-0.2, 0) is 20.2 Å². The zero-order chi connectivity index (χ0) is 24.8. The molecule has 11 heteroatoms.